The van der Waals surface area contributed by atoms with Gasteiger partial charge >= 0.3 is 5.97 Å². The van der Waals surface area contributed by atoms with Gasteiger partial charge in [-0.05, 0) is 48.8 Å². The van der Waals surface area contributed by atoms with E-state index in [1.54, 1.807) is 0 Å². The van der Waals surface area contributed by atoms with Crippen molar-refractivity contribution in [2.75, 3.05) is 19.6 Å². The molecule has 0 radical (unpaired) electrons. The van der Waals surface area contributed by atoms with Crippen molar-refractivity contribution in [1.82, 2.24) is 4.90 Å². The minimum atomic E-state index is -0.140. The maximum absolute atomic E-state index is 12.5. The number of benzene rings is 2. The van der Waals surface area contributed by atoms with E-state index in [9.17, 15) is 4.79 Å². The van der Waals surface area contributed by atoms with Crippen LogP contribution in [0.15, 0.2) is 60.7 Å². The smallest absolute Gasteiger partial charge is 0.338 e. The van der Waals surface area contributed by atoms with Gasteiger partial charge in [0.1, 0.15) is 6.10 Å². The lowest BCUT2D eigenvalue weighted by molar-refractivity contribution is 0.0135. The van der Waals surface area contributed by atoms with Crippen molar-refractivity contribution >= 4 is 5.97 Å². The molecule has 2 aromatic rings. The number of likely N-dealkylation sites (tertiary alicyclic amines) is 1. The molecular formula is C24H27NO2. The van der Waals surface area contributed by atoms with Gasteiger partial charge in [0, 0.05) is 31.5 Å². The van der Waals surface area contributed by atoms with Crippen molar-refractivity contribution in [1.29, 1.82) is 0 Å². The van der Waals surface area contributed by atoms with Crippen molar-refractivity contribution < 1.29 is 9.53 Å². The second-order valence-electron chi connectivity index (χ2n) is 8.46. The summed E-state index contributed by atoms with van der Waals surface area (Å²) in [5.41, 5.74) is 2.10. The molecule has 2 aromatic carbocycles. The number of ether oxygens (including phenoxy) is 1. The molecule has 1 saturated heterocycles. The second kappa shape index (κ2) is 7.12. The van der Waals surface area contributed by atoms with E-state index in [4.69, 9.17) is 4.74 Å². The molecule has 3 heteroatoms. The van der Waals surface area contributed by atoms with Crippen LogP contribution in [0.5, 0.6) is 0 Å². The Bertz CT molecular complexity index is 771. The fourth-order valence-electron chi connectivity index (χ4n) is 5.85. The van der Waals surface area contributed by atoms with Crippen LogP contribution in [-0.4, -0.2) is 36.6 Å². The molecule has 27 heavy (non-hydrogen) atoms. The van der Waals surface area contributed by atoms with Crippen LogP contribution < -0.4 is 0 Å². The molecule has 0 unspecified atom stereocenters. The quantitative estimate of drug-likeness (QED) is 0.753. The van der Waals surface area contributed by atoms with Gasteiger partial charge in [0.05, 0.1) is 5.56 Å². The summed E-state index contributed by atoms with van der Waals surface area (Å²) < 4.78 is 6.03. The first kappa shape index (κ1) is 17.0. The Morgan fingerprint density at radius 2 is 1.44 bits per heavy atom. The summed E-state index contributed by atoms with van der Waals surface area (Å²) in [6.45, 7) is 3.50. The van der Waals surface area contributed by atoms with Crippen LogP contribution >= 0.6 is 0 Å². The lowest BCUT2D eigenvalue weighted by Crippen LogP contribution is -2.31. The van der Waals surface area contributed by atoms with Crippen molar-refractivity contribution in [2.24, 2.45) is 23.7 Å². The fourth-order valence-corrected chi connectivity index (χ4v) is 5.85. The molecule has 4 atom stereocenters. The molecule has 1 aliphatic heterocycles. The van der Waals surface area contributed by atoms with E-state index < -0.39 is 0 Å². The molecule has 0 aromatic heterocycles. The van der Waals surface area contributed by atoms with Crippen LogP contribution in [0.4, 0.5) is 0 Å². The van der Waals surface area contributed by atoms with Crippen LogP contribution in [-0.2, 0) is 11.2 Å². The summed E-state index contributed by atoms with van der Waals surface area (Å²) >= 11 is 0. The Balaban J connectivity index is 1.20. The molecule has 5 rings (SSSR count). The Kier molecular flexibility index (Phi) is 4.48. The Labute approximate surface area is 161 Å². The number of rotatable bonds is 5. The topological polar surface area (TPSA) is 29.5 Å². The summed E-state index contributed by atoms with van der Waals surface area (Å²) in [6, 6.07) is 20.2. The third-order valence-corrected chi connectivity index (χ3v) is 7.08. The standard InChI is InChI=1S/C24H27NO2/c26-24(18-9-5-2-6-10-18)27-23-19-11-12-20(23)22-16-25(15-21(19)22)14-13-17-7-3-1-4-8-17/h1-10,19-23H,11-16H2/t19-,20-,21+,22+/m0/s1. The Morgan fingerprint density at radius 3 is 2.07 bits per heavy atom. The van der Waals surface area contributed by atoms with Crippen LogP contribution in [0.3, 0.4) is 0 Å². The first-order chi connectivity index (χ1) is 13.3. The lowest BCUT2D eigenvalue weighted by Gasteiger charge is -2.23. The number of fused-ring (bicyclic) bond motifs is 5. The van der Waals surface area contributed by atoms with E-state index in [0.29, 0.717) is 29.2 Å². The van der Waals surface area contributed by atoms with Crippen LogP contribution in [0.25, 0.3) is 0 Å². The van der Waals surface area contributed by atoms with Gasteiger partial charge in [0.25, 0.3) is 0 Å². The summed E-state index contributed by atoms with van der Waals surface area (Å²) in [6.07, 6.45) is 3.72. The lowest BCUT2D eigenvalue weighted by atomic mass is 9.82. The van der Waals surface area contributed by atoms with E-state index in [-0.39, 0.29) is 12.1 Å². The average Bonchev–Trinajstić information content (AvgIpc) is 3.38. The van der Waals surface area contributed by atoms with Crippen LogP contribution in [0.2, 0.25) is 0 Å². The van der Waals surface area contributed by atoms with Crippen molar-refractivity contribution in [3.05, 3.63) is 71.8 Å². The van der Waals surface area contributed by atoms with Gasteiger partial charge in [-0.25, -0.2) is 4.79 Å². The molecule has 0 amide bonds. The Hall–Kier alpha value is -2.13. The number of hydrogen-bond donors (Lipinski definition) is 0. The van der Waals surface area contributed by atoms with E-state index in [2.05, 4.69) is 35.2 Å². The molecule has 2 bridgehead atoms. The third-order valence-electron chi connectivity index (χ3n) is 7.08. The first-order valence-electron chi connectivity index (χ1n) is 10.3. The maximum Gasteiger partial charge on any atom is 0.338 e. The van der Waals surface area contributed by atoms with Gasteiger partial charge in [-0.2, -0.15) is 0 Å². The molecule has 2 aliphatic carbocycles. The van der Waals surface area contributed by atoms with E-state index >= 15 is 0 Å². The van der Waals surface area contributed by atoms with Crippen molar-refractivity contribution in [3.63, 3.8) is 0 Å². The third kappa shape index (κ3) is 3.19. The van der Waals surface area contributed by atoms with Crippen molar-refractivity contribution in [2.45, 2.75) is 25.4 Å². The second-order valence-corrected chi connectivity index (χ2v) is 8.46. The molecule has 3 nitrogen and oxygen atoms in total. The minimum Gasteiger partial charge on any atom is -0.458 e. The van der Waals surface area contributed by atoms with Gasteiger partial charge in [0.2, 0.25) is 0 Å². The zero-order valence-corrected chi connectivity index (χ0v) is 15.7. The average molecular weight is 361 g/mol. The highest BCUT2D eigenvalue weighted by atomic mass is 16.5. The van der Waals surface area contributed by atoms with E-state index in [1.807, 2.05) is 30.3 Å². The number of carbonyl (C=O) groups is 1. The number of nitrogens with zero attached hydrogens (tertiary/aromatic N) is 1. The summed E-state index contributed by atoms with van der Waals surface area (Å²) in [4.78, 5) is 15.2. The highest BCUT2D eigenvalue weighted by molar-refractivity contribution is 5.89. The molecule has 2 saturated carbocycles. The highest BCUT2D eigenvalue weighted by Gasteiger charge is 2.58. The molecule has 140 valence electrons. The van der Waals surface area contributed by atoms with Gasteiger partial charge in [-0.3, -0.25) is 0 Å². The van der Waals surface area contributed by atoms with Crippen LogP contribution in [0.1, 0.15) is 28.8 Å². The molecule has 3 fully saturated rings. The SMILES string of the molecule is O=C(OC1[C@H]2CC[C@H]1[C@H]1CN(CCc3ccccc3)C[C@@H]12)c1ccccc1. The zero-order valence-electron chi connectivity index (χ0n) is 15.7. The summed E-state index contributed by atoms with van der Waals surface area (Å²) in [7, 11) is 0. The summed E-state index contributed by atoms with van der Waals surface area (Å²) in [5, 5.41) is 0. The van der Waals surface area contributed by atoms with Gasteiger partial charge in [-0.1, -0.05) is 48.5 Å². The fraction of sp³-hybridized carbons (Fsp3) is 0.458. The first-order valence-corrected chi connectivity index (χ1v) is 10.3. The highest BCUT2D eigenvalue weighted by Crippen LogP contribution is 2.56. The summed E-state index contributed by atoms with van der Waals surface area (Å²) in [5.74, 6) is 2.42. The van der Waals surface area contributed by atoms with Crippen LogP contribution in [0, 0.1) is 23.7 Å². The van der Waals surface area contributed by atoms with Gasteiger partial charge in [-0.15, -0.1) is 0 Å². The molecular weight excluding hydrogens is 334 g/mol. The van der Waals surface area contributed by atoms with Gasteiger partial charge < -0.3 is 9.64 Å². The molecule has 1 heterocycles. The normalized spacial score (nSPS) is 31.8. The Morgan fingerprint density at radius 1 is 0.852 bits per heavy atom. The predicted octanol–water partition coefficient (Wildman–Crippen LogP) is 4.04. The van der Waals surface area contributed by atoms with Crippen molar-refractivity contribution in [3.8, 4) is 0 Å². The van der Waals surface area contributed by atoms with E-state index in [0.717, 1.165) is 13.0 Å². The number of esters is 1. The van der Waals surface area contributed by atoms with Gasteiger partial charge in [0.15, 0.2) is 0 Å². The monoisotopic (exact) mass is 361 g/mol. The maximum atomic E-state index is 12.5. The number of carbonyl (C=O) groups excluding carboxylic acids is 1. The number of hydrogen-bond acceptors (Lipinski definition) is 3. The predicted molar refractivity (Wildman–Crippen MR) is 105 cm³/mol. The minimum absolute atomic E-state index is 0.140. The molecule has 3 aliphatic rings. The zero-order chi connectivity index (χ0) is 18.2. The van der Waals surface area contributed by atoms with E-state index in [1.165, 1.54) is 31.5 Å². The molecule has 0 N–H and O–H groups in total. The largest absolute Gasteiger partial charge is 0.458 e. The molecule has 0 spiro atoms.